The fourth-order valence-electron chi connectivity index (χ4n) is 2.24. The molecule has 4 heteroatoms. The van der Waals surface area contributed by atoms with E-state index in [1.54, 1.807) is 12.3 Å². The van der Waals surface area contributed by atoms with Crippen molar-refractivity contribution in [2.75, 3.05) is 0 Å². The fourth-order valence-corrected chi connectivity index (χ4v) is 2.24. The molecule has 0 radical (unpaired) electrons. The molecule has 0 amide bonds. The van der Waals surface area contributed by atoms with Crippen LogP contribution < -0.4 is 10.5 Å². The molecule has 0 saturated heterocycles. The maximum atomic E-state index is 6.04. The maximum absolute atomic E-state index is 6.04. The SMILES string of the molecule is CC(N)c1ccc2ccccc2c1OCc1ccno1. The Morgan fingerprint density at radius 1 is 1.20 bits per heavy atom. The summed E-state index contributed by atoms with van der Waals surface area (Å²) in [7, 11) is 0. The van der Waals surface area contributed by atoms with Gasteiger partial charge in [-0.05, 0) is 12.3 Å². The Bertz CT molecular complexity index is 706. The summed E-state index contributed by atoms with van der Waals surface area (Å²) in [5, 5.41) is 5.86. The van der Waals surface area contributed by atoms with Crippen LogP contribution in [0.2, 0.25) is 0 Å². The minimum atomic E-state index is -0.0932. The lowest BCUT2D eigenvalue weighted by Crippen LogP contribution is -2.08. The van der Waals surface area contributed by atoms with Crippen molar-refractivity contribution >= 4 is 10.8 Å². The van der Waals surface area contributed by atoms with Gasteiger partial charge in [0.2, 0.25) is 0 Å². The summed E-state index contributed by atoms with van der Waals surface area (Å²) in [6.45, 7) is 2.29. The van der Waals surface area contributed by atoms with Gasteiger partial charge in [-0.15, -0.1) is 0 Å². The first-order chi connectivity index (χ1) is 9.75. The molecule has 102 valence electrons. The molecule has 2 N–H and O–H groups in total. The molecule has 1 heterocycles. The lowest BCUT2D eigenvalue weighted by atomic mass is 10.0. The normalized spacial score (nSPS) is 12.5. The van der Waals surface area contributed by atoms with Crippen molar-refractivity contribution in [1.82, 2.24) is 5.16 Å². The van der Waals surface area contributed by atoms with E-state index in [-0.39, 0.29) is 6.04 Å². The molecule has 0 aliphatic rings. The Hall–Kier alpha value is -2.33. The van der Waals surface area contributed by atoms with Crippen LogP contribution in [0.5, 0.6) is 5.75 Å². The Morgan fingerprint density at radius 3 is 2.80 bits per heavy atom. The molecule has 0 aliphatic carbocycles. The number of rotatable bonds is 4. The summed E-state index contributed by atoms with van der Waals surface area (Å²) in [6.07, 6.45) is 1.61. The van der Waals surface area contributed by atoms with Crippen molar-refractivity contribution in [3.8, 4) is 5.75 Å². The van der Waals surface area contributed by atoms with E-state index in [1.807, 2.05) is 31.2 Å². The van der Waals surface area contributed by atoms with E-state index in [1.165, 1.54) is 0 Å². The zero-order valence-electron chi connectivity index (χ0n) is 11.2. The molecule has 3 rings (SSSR count). The molecule has 0 fully saturated rings. The number of ether oxygens (including phenoxy) is 1. The molecule has 0 saturated carbocycles. The highest BCUT2D eigenvalue weighted by Crippen LogP contribution is 2.33. The van der Waals surface area contributed by atoms with Crippen LogP contribution >= 0.6 is 0 Å². The van der Waals surface area contributed by atoms with Gasteiger partial charge in [0.1, 0.15) is 12.4 Å². The summed E-state index contributed by atoms with van der Waals surface area (Å²) in [5.74, 6) is 1.50. The maximum Gasteiger partial charge on any atom is 0.174 e. The molecular formula is C16H16N2O2. The molecule has 2 aromatic carbocycles. The first-order valence-electron chi connectivity index (χ1n) is 6.55. The van der Waals surface area contributed by atoms with E-state index in [0.29, 0.717) is 12.4 Å². The van der Waals surface area contributed by atoms with Gasteiger partial charge in [0, 0.05) is 23.1 Å². The average molecular weight is 268 g/mol. The molecular weight excluding hydrogens is 252 g/mol. The smallest absolute Gasteiger partial charge is 0.174 e. The standard InChI is InChI=1S/C16H16N2O2/c1-11(17)14-7-6-12-4-2-3-5-15(12)16(14)19-10-13-8-9-18-20-13/h2-9,11H,10,17H2,1H3. The van der Waals surface area contributed by atoms with Gasteiger partial charge in [0.15, 0.2) is 5.76 Å². The number of nitrogens with zero attached hydrogens (tertiary/aromatic N) is 1. The van der Waals surface area contributed by atoms with Gasteiger partial charge in [-0.3, -0.25) is 0 Å². The Morgan fingerprint density at radius 2 is 2.05 bits per heavy atom. The third kappa shape index (κ3) is 2.38. The quantitative estimate of drug-likeness (QED) is 0.787. The fraction of sp³-hybridized carbons (Fsp3) is 0.188. The summed E-state index contributed by atoms with van der Waals surface area (Å²) in [6, 6.07) is 13.9. The largest absolute Gasteiger partial charge is 0.485 e. The summed E-state index contributed by atoms with van der Waals surface area (Å²) in [5.41, 5.74) is 7.03. The third-order valence-corrected chi connectivity index (χ3v) is 3.25. The van der Waals surface area contributed by atoms with Crippen molar-refractivity contribution in [3.05, 3.63) is 60.0 Å². The number of benzene rings is 2. The van der Waals surface area contributed by atoms with Crippen molar-refractivity contribution in [1.29, 1.82) is 0 Å². The van der Waals surface area contributed by atoms with Crippen molar-refractivity contribution < 1.29 is 9.26 Å². The topological polar surface area (TPSA) is 61.3 Å². The highest BCUT2D eigenvalue weighted by molar-refractivity contribution is 5.89. The van der Waals surface area contributed by atoms with Crippen LogP contribution in [0.4, 0.5) is 0 Å². The monoisotopic (exact) mass is 268 g/mol. The summed E-state index contributed by atoms with van der Waals surface area (Å²) < 4.78 is 11.0. The minimum absolute atomic E-state index is 0.0932. The van der Waals surface area contributed by atoms with E-state index in [0.717, 1.165) is 22.1 Å². The van der Waals surface area contributed by atoms with Crippen molar-refractivity contribution in [2.45, 2.75) is 19.6 Å². The molecule has 0 aliphatic heterocycles. The highest BCUT2D eigenvalue weighted by Gasteiger charge is 2.13. The zero-order chi connectivity index (χ0) is 13.9. The Kier molecular flexibility index (Phi) is 3.39. The van der Waals surface area contributed by atoms with Gasteiger partial charge in [-0.2, -0.15) is 0 Å². The molecule has 0 spiro atoms. The number of nitrogens with two attached hydrogens (primary N) is 1. The van der Waals surface area contributed by atoms with Gasteiger partial charge < -0.3 is 15.0 Å². The number of aromatic nitrogens is 1. The molecule has 1 unspecified atom stereocenters. The number of hydrogen-bond acceptors (Lipinski definition) is 4. The second-order valence-corrected chi connectivity index (χ2v) is 4.76. The highest BCUT2D eigenvalue weighted by atomic mass is 16.5. The third-order valence-electron chi connectivity index (χ3n) is 3.25. The lowest BCUT2D eigenvalue weighted by molar-refractivity contribution is 0.249. The van der Waals surface area contributed by atoms with Crippen molar-refractivity contribution in [2.24, 2.45) is 5.73 Å². The summed E-state index contributed by atoms with van der Waals surface area (Å²) >= 11 is 0. The van der Waals surface area contributed by atoms with E-state index in [4.69, 9.17) is 15.0 Å². The first kappa shape index (κ1) is 12.7. The van der Waals surface area contributed by atoms with E-state index in [9.17, 15) is 0 Å². The van der Waals surface area contributed by atoms with E-state index >= 15 is 0 Å². The summed E-state index contributed by atoms with van der Waals surface area (Å²) in [4.78, 5) is 0. The molecule has 20 heavy (non-hydrogen) atoms. The molecule has 1 aromatic heterocycles. The minimum Gasteiger partial charge on any atom is -0.485 e. The van der Waals surface area contributed by atoms with Crippen LogP contribution in [0.3, 0.4) is 0 Å². The molecule has 0 bridgehead atoms. The van der Waals surface area contributed by atoms with Crippen LogP contribution in [-0.4, -0.2) is 5.16 Å². The van der Waals surface area contributed by atoms with Gasteiger partial charge >= 0.3 is 0 Å². The second kappa shape index (κ2) is 5.35. The van der Waals surface area contributed by atoms with E-state index in [2.05, 4.69) is 17.3 Å². The Labute approximate surface area is 117 Å². The average Bonchev–Trinajstić information content (AvgIpc) is 2.97. The van der Waals surface area contributed by atoms with Crippen LogP contribution in [-0.2, 0) is 6.61 Å². The van der Waals surface area contributed by atoms with Crippen LogP contribution in [0.25, 0.3) is 10.8 Å². The zero-order valence-corrected chi connectivity index (χ0v) is 11.2. The molecule has 4 nitrogen and oxygen atoms in total. The van der Waals surface area contributed by atoms with Crippen LogP contribution in [0.15, 0.2) is 53.2 Å². The molecule has 3 aromatic rings. The number of hydrogen-bond donors (Lipinski definition) is 1. The second-order valence-electron chi connectivity index (χ2n) is 4.76. The predicted octanol–water partition coefficient (Wildman–Crippen LogP) is 3.43. The van der Waals surface area contributed by atoms with E-state index < -0.39 is 0 Å². The number of fused-ring (bicyclic) bond motifs is 1. The molecule has 1 atom stereocenters. The van der Waals surface area contributed by atoms with Crippen molar-refractivity contribution in [3.63, 3.8) is 0 Å². The van der Waals surface area contributed by atoms with Gasteiger partial charge in [0.25, 0.3) is 0 Å². The Balaban J connectivity index is 2.03. The van der Waals surface area contributed by atoms with Crippen LogP contribution in [0.1, 0.15) is 24.3 Å². The van der Waals surface area contributed by atoms with Gasteiger partial charge in [0.05, 0.1) is 6.20 Å². The van der Waals surface area contributed by atoms with Gasteiger partial charge in [-0.25, -0.2) is 0 Å². The van der Waals surface area contributed by atoms with Crippen LogP contribution in [0, 0.1) is 0 Å². The van der Waals surface area contributed by atoms with Gasteiger partial charge in [-0.1, -0.05) is 41.6 Å². The predicted molar refractivity (Wildman–Crippen MR) is 77.4 cm³/mol. The lowest BCUT2D eigenvalue weighted by Gasteiger charge is -2.16. The first-order valence-corrected chi connectivity index (χ1v) is 6.55.